The molecule has 0 amide bonds. The van der Waals surface area contributed by atoms with Crippen LogP contribution in [0.5, 0.6) is 0 Å². The lowest BCUT2D eigenvalue weighted by Crippen LogP contribution is -2.39. The number of benzene rings is 1. The first kappa shape index (κ1) is 14.7. The van der Waals surface area contributed by atoms with Crippen LogP contribution in [-0.4, -0.2) is 28.1 Å². The first-order valence-electron chi connectivity index (χ1n) is 6.46. The molecule has 1 N–H and O–H groups in total. The minimum absolute atomic E-state index is 0.0947. The van der Waals surface area contributed by atoms with Crippen molar-refractivity contribution in [2.75, 3.05) is 0 Å². The third-order valence-corrected chi connectivity index (χ3v) is 3.28. The van der Waals surface area contributed by atoms with Gasteiger partial charge in [-0.15, -0.1) is 0 Å². The first-order valence-corrected chi connectivity index (χ1v) is 6.46. The molecule has 1 aromatic rings. The molecule has 18 heavy (non-hydrogen) atoms. The number of rotatable bonds is 5. The van der Waals surface area contributed by atoms with E-state index in [-0.39, 0.29) is 6.04 Å². The standard InChI is InChI=1S/C15H23NO2/c1-10(2)16(11(3)4)12(5)13-8-6-7-9-14(13)15(17)18/h6-12H,1-5H3,(H,17,18). The average Bonchev–Trinajstić information content (AvgIpc) is 2.27. The zero-order valence-electron chi connectivity index (χ0n) is 11.8. The van der Waals surface area contributed by atoms with Crippen LogP contribution in [0.25, 0.3) is 0 Å². The fraction of sp³-hybridized carbons (Fsp3) is 0.533. The molecule has 100 valence electrons. The number of aromatic carboxylic acids is 1. The van der Waals surface area contributed by atoms with Gasteiger partial charge in [0.25, 0.3) is 0 Å². The van der Waals surface area contributed by atoms with Crippen LogP contribution in [0, 0.1) is 0 Å². The van der Waals surface area contributed by atoms with Crippen molar-refractivity contribution in [1.82, 2.24) is 4.90 Å². The molecule has 1 aromatic carbocycles. The second-order valence-corrected chi connectivity index (χ2v) is 5.20. The molecule has 3 nitrogen and oxygen atoms in total. The van der Waals surface area contributed by atoms with Crippen LogP contribution < -0.4 is 0 Å². The molecule has 0 heterocycles. The van der Waals surface area contributed by atoms with Gasteiger partial charge in [-0.25, -0.2) is 4.79 Å². The maximum atomic E-state index is 11.3. The van der Waals surface area contributed by atoms with E-state index in [0.29, 0.717) is 17.6 Å². The highest BCUT2D eigenvalue weighted by Gasteiger charge is 2.24. The summed E-state index contributed by atoms with van der Waals surface area (Å²) in [6, 6.07) is 8.10. The third kappa shape index (κ3) is 3.10. The van der Waals surface area contributed by atoms with Crippen LogP contribution in [0.15, 0.2) is 24.3 Å². The molecule has 3 heteroatoms. The predicted molar refractivity (Wildman–Crippen MR) is 73.9 cm³/mol. The Morgan fingerprint density at radius 1 is 1.06 bits per heavy atom. The Labute approximate surface area is 109 Å². The van der Waals surface area contributed by atoms with Crippen molar-refractivity contribution in [3.05, 3.63) is 35.4 Å². The number of hydrogen-bond acceptors (Lipinski definition) is 2. The molecular weight excluding hydrogens is 226 g/mol. The maximum Gasteiger partial charge on any atom is 0.336 e. The van der Waals surface area contributed by atoms with Gasteiger partial charge in [-0.1, -0.05) is 18.2 Å². The van der Waals surface area contributed by atoms with E-state index in [0.717, 1.165) is 5.56 Å². The molecule has 0 spiro atoms. The van der Waals surface area contributed by atoms with Gasteiger partial charge in [0.05, 0.1) is 5.56 Å². The zero-order chi connectivity index (χ0) is 13.9. The molecule has 0 fully saturated rings. The highest BCUT2D eigenvalue weighted by molar-refractivity contribution is 5.89. The predicted octanol–water partition coefficient (Wildman–Crippen LogP) is 3.56. The van der Waals surface area contributed by atoms with Gasteiger partial charge in [0.2, 0.25) is 0 Å². The largest absolute Gasteiger partial charge is 0.478 e. The molecule has 1 rings (SSSR count). The lowest BCUT2D eigenvalue weighted by Gasteiger charge is -2.37. The van der Waals surface area contributed by atoms with Crippen molar-refractivity contribution in [3.8, 4) is 0 Å². The van der Waals surface area contributed by atoms with Crippen LogP contribution in [0.3, 0.4) is 0 Å². The summed E-state index contributed by atoms with van der Waals surface area (Å²) in [5, 5.41) is 9.26. The summed E-state index contributed by atoms with van der Waals surface area (Å²) in [5.41, 5.74) is 1.28. The first-order chi connectivity index (χ1) is 8.36. The Morgan fingerprint density at radius 3 is 2.00 bits per heavy atom. The fourth-order valence-electron chi connectivity index (χ4n) is 2.71. The molecule has 1 unspecified atom stereocenters. The summed E-state index contributed by atoms with van der Waals surface area (Å²) < 4.78 is 0. The smallest absolute Gasteiger partial charge is 0.336 e. The van der Waals surface area contributed by atoms with Gasteiger partial charge in [0, 0.05) is 18.1 Å². The van der Waals surface area contributed by atoms with Crippen LogP contribution >= 0.6 is 0 Å². The van der Waals surface area contributed by atoms with E-state index >= 15 is 0 Å². The van der Waals surface area contributed by atoms with E-state index in [4.69, 9.17) is 0 Å². The SMILES string of the molecule is CC(C)N(C(C)C)C(C)c1ccccc1C(=O)O. The monoisotopic (exact) mass is 249 g/mol. The van der Waals surface area contributed by atoms with Crippen LogP contribution in [0.2, 0.25) is 0 Å². The van der Waals surface area contributed by atoms with E-state index in [2.05, 4.69) is 39.5 Å². The minimum atomic E-state index is -0.857. The molecule has 0 bridgehead atoms. The second-order valence-electron chi connectivity index (χ2n) is 5.20. The minimum Gasteiger partial charge on any atom is -0.478 e. The maximum absolute atomic E-state index is 11.3. The Balaban J connectivity index is 3.16. The molecule has 0 radical (unpaired) electrons. The van der Waals surface area contributed by atoms with E-state index in [1.807, 2.05) is 12.1 Å². The molecule has 0 aliphatic carbocycles. The number of hydrogen-bond donors (Lipinski definition) is 1. The van der Waals surface area contributed by atoms with Crippen LogP contribution in [-0.2, 0) is 0 Å². The van der Waals surface area contributed by atoms with Gasteiger partial charge in [-0.2, -0.15) is 0 Å². The summed E-state index contributed by atoms with van der Waals surface area (Å²) in [4.78, 5) is 13.6. The summed E-state index contributed by atoms with van der Waals surface area (Å²) in [6.07, 6.45) is 0. The summed E-state index contributed by atoms with van der Waals surface area (Å²) in [5.74, 6) is -0.857. The van der Waals surface area contributed by atoms with Crippen molar-refractivity contribution >= 4 is 5.97 Å². The summed E-state index contributed by atoms with van der Waals surface area (Å²) in [7, 11) is 0. The number of carbonyl (C=O) groups is 1. The van der Waals surface area contributed by atoms with E-state index in [1.54, 1.807) is 12.1 Å². The highest BCUT2D eigenvalue weighted by Crippen LogP contribution is 2.27. The van der Waals surface area contributed by atoms with Gasteiger partial charge < -0.3 is 5.11 Å². The van der Waals surface area contributed by atoms with Crippen molar-refractivity contribution in [3.63, 3.8) is 0 Å². The molecule has 0 aliphatic heterocycles. The topological polar surface area (TPSA) is 40.5 Å². The quantitative estimate of drug-likeness (QED) is 0.867. The second kappa shape index (κ2) is 6.01. The lowest BCUT2D eigenvalue weighted by atomic mass is 9.98. The Hall–Kier alpha value is -1.35. The van der Waals surface area contributed by atoms with Crippen molar-refractivity contribution in [1.29, 1.82) is 0 Å². The van der Waals surface area contributed by atoms with E-state index < -0.39 is 5.97 Å². The van der Waals surface area contributed by atoms with Gasteiger partial charge in [0.15, 0.2) is 0 Å². The van der Waals surface area contributed by atoms with E-state index in [1.165, 1.54) is 0 Å². The molecule has 0 aliphatic rings. The van der Waals surface area contributed by atoms with Crippen LogP contribution in [0.1, 0.15) is 56.6 Å². The third-order valence-electron chi connectivity index (χ3n) is 3.28. The molecule has 0 saturated carbocycles. The van der Waals surface area contributed by atoms with Crippen LogP contribution in [0.4, 0.5) is 0 Å². The van der Waals surface area contributed by atoms with Crippen molar-refractivity contribution in [2.45, 2.75) is 52.7 Å². The summed E-state index contributed by atoms with van der Waals surface area (Å²) in [6.45, 7) is 10.6. The molecule has 0 aromatic heterocycles. The fourth-order valence-corrected chi connectivity index (χ4v) is 2.71. The highest BCUT2D eigenvalue weighted by atomic mass is 16.4. The van der Waals surface area contributed by atoms with Gasteiger partial charge in [-0.05, 0) is 46.2 Å². The van der Waals surface area contributed by atoms with Gasteiger partial charge >= 0.3 is 5.97 Å². The van der Waals surface area contributed by atoms with Crippen molar-refractivity contribution < 1.29 is 9.90 Å². The number of nitrogens with zero attached hydrogens (tertiary/aromatic N) is 1. The number of carboxylic acid groups (broad SMARTS) is 1. The number of carboxylic acids is 1. The summed E-state index contributed by atoms with van der Waals surface area (Å²) >= 11 is 0. The lowest BCUT2D eigenvalue weighted by molar-refractivity contribution is 0.0687. The average molecular weight is 249 g/mol. The Morgan fingerprint density at radius 2 is 1.56 bits per heavy atom. The molecular formula is C15H23NO2. The van der Waals surface area contributed by atoms with Gasteiger partial charge in [0.1, 0.15) is 0 Å². The molecule has 1 atom stereocenters. The molecule has 0 saturated heterocycles. The van der Waals surface area contributed by atoms with Crippen molar-refractivity contribution in [2.24, 2.45) is 0 Å². The Bertz CT molecular complexity index is 405. The van der Waals surface area contributed by atoms with Gasteiger partial charge in [-0.3, -0.25) is 4.90 Å². The zero-order valence-corrected chi connectivity index (χ0v) is 11.8. The van der Waals surface area contributed by atoms with E-state index in [9.17, 15) is 9.90 Å². The Kier molecular flexibility index (Phi) is 4.91. The normalized spacial score (nSPS) is 13.3.